The largest absolute Gasteiger partial charge is 0.348 e. The first kappa shape index (κ1) is 18.7. The summed E-state index contributed by atoms with van der Waals surface area (Å²) in [7, 11) is -3.75. The van der Waals surface area contributed by atoms with Crippen LogP contribution in [-0.4, -0.2) is 39.5 Å². The van der Waals surface area contributed by atoms with E-state index in [-0.39, 0.29) is 22.4 Å². The summed E-state index contributed by atoms with van der Waals surface area (Å²) in [6.45, 7) is 1.92. The smallest absolute Gasteiger partial charge is 0.253 e. The Labute approximate surface area is 166 Å². The van der Waals surface area contributed by atoms with E-state index in [4.69, 9.17) is 0 Å². The number of nitrogens with one attached hydrogen (secondary N) is 2. The molecule has 4 aromatic rings. The van der Waals surface area contributed by atoms with Crippen molar-refractivity contribution in [2.45, 2.75) is 23.4 Å². The molecule has 0 saturated heterocycles. The highest BCUT2D eigenvalue weighted by Crippen LogP contribution is 2.19. The normalized spacial score (nSPS) is 11.5. The molecule has 0 radical (unpaired) electrons. The molecule has 2 N–H and O–H groups in total. The van der Waals surface area contributed by atoms with Gasteiger partial charge in [0.2, 0.25) is 9.84 Å². The van der Waals surface area contributed by atoms with Crippen molar-refractivity contribution >= 4 is 26.8 Å². The van der Waals surface area contributed by atoms with E-state index in [0.29, 0.717) is 16.9 Å². The van der Waals surface area contributed by atoms with E-state index in [2.05, 4.69) is 30.5 Å². The maximum absolute atomic E-state index is 12.6. The number of carbonyl (C=O) groups excluding carboxylic acids is 1. The van der Waals surface area contributed by atoms with E-state index in [0.717, 1.165) is 10.9 Å². The van der Waals surface area contributed by atoms with Gasteiger partial charge < -0.3 is 5.32 Å². The Morgan fingerprint density at radius 2 is 1.90 bits per heavy atom. The Morgan fingerprint density at radius 1 is 1.10 bits per heavy atom. The third-order valence-electron chi connectivity index (χ3n) is 4.25. The summed E-state index contributed by atoms with van der Waals surface area (Å²) in [5, 5.41) is 10.0. The summed E-state index contributed by atoms with van der Waals surface area (Å²) in [6, 6.07) is 7.96. The van der Waals surface area contributed by atoms with Crippen LogP contribution in [0.2, 0.25) is 0 Å². The molecule has 1 amide bonds. The molecule has 0 saturated carbocycles. The van der Waals surface area contributed by atoms with Gasteiger partial charge in [0.05, 0.1) is 28.5 Å². The summed E-state index contributed by atoms with van der Waals surface area (Å²) >= 11 is 0. The van der Waals surface area contributed by atoms with E-state index < -0.39 is 9.84 Å². The lowest BCUT2D eigenvalue weighted by molar-refractivity contribution is 0.0950. The SMILES string of the molecule is Cc1cncc(S(=O)(=O)c2ccc(CNC(=O)c3cnc4[nH]ncc4c3)cc2)n1. The minimum Gasteiger partial charge on any atom is -0.348 e. The Hall–Kier alpha value is -3.66. The van der Waals surface area contributed by atoms with Gasteiger partial charge in [0.25, 0.3) is 5.91 Å². The molecule has 0 aliphatic rings. The van der Waals surface area contributed by atoms with Gasteiger partial charge in [-0.3, -0.25) is 14.9 Å². The minimum absolute atomic E-state index is 0.0966. The van der Waals surface area contributed by atoms with Crippen LogP contribution in [0, 0.1) is 6.92 Å². The van der Waals surface area contributed by atoms with Crippen molar-refractivity contribution in [2.24, 2.45) is 0 Å². The number of sulfone groups is 1. The Kier molecular flexibility index (Phi) is 4.77. The maximum atomic E-state index is 12.6. The molecule has 0 bridgehead atoms. The monoisotopic (exact) mass is 408 g/mol. The fourth-order valence-corrected chi connectivity index (χ4v) is 3.92. The minimum atomic E-state index is -3.75. The second-order valence-corrected chi connectivity index (χ2v) is 8.26. The molecule has 29 heavy (non-hydrogen) atoms. The topological polar surface area (TPSA) is 131 Å². The van der Waals surface area contributed by atoms with Crippen LogP contribution in [0.1, 0.15) is 21.6 Å². The van der Waals surface area contributed by atoms with E-state index in [9.17, 15) is 13.2 Å². The van der Waals surface area contributed by atoms with Crippen molar-refractivity contribution in [1.82, 2.24) is 30.5 Å². The first-order valence-electron chi connectivity index (χ1n) is 8.63. The van der Waals surface area contributed by atoms with Gasteiger partial charge in [0.1, 0.15) is 0 Å². The number of benzene rings is 1. The number of H-pyrrole nitrogens is 1. The van der Waals surface area contributed by atoms with E-state index in [1.807, 2.05) is 0 Å². The molecule has 3 heterocycles. The number of aromatic amines is 1. The molecule has 0 atom stereocenters. The molecule has 0 aliphatic heterocycles. The predicted molar refractivity (Wildman–Crippen MR) is 104 cm³/mol. The van der Waals surface area contributed by atoms with Crippen LogP contribution in [0.5, 0.6) is 0 Å². The van der Waals surface area contributed by atoms with Crippen LogP contribution in [0.15, 0.2) is 65.0 Å². The fourth-order valence-electron chi connectivity index (χ4n) is 2.72. The molecule has 10 heteroatoms. The second kappa shape index (κ2) is 7.40. The number of amides is 1. The van der Waals surface area contributed by atoms with Crippen molar-refractivity contribution in [3.05, 3.63) is 71.9 Å². The number of fused-ring (bicyclic) bond motifs is 1. The Balaban J connectivity index is 1.46. The fraction of sp³-hybridized carbons (Fsp3) is 0.105. The molecular weight excluding hydrogens is 392 g/mol. The number of rotatable bonds is 5. The van der Waals surface area contributed by atoms with Crippen LogP contribution in [0.4, 0.5) is 0 Å². The van der Waals surface area contributed by atoms with E-state index in [1.165, 1.54) is 30.7 Å². The van der Waals surface area contributed by atoms with Gasteiger partial charge in [-0.15, -0.1) is 0 Å². The zero-order valence-electron chi connectivity index (χ0n) is 15.3. The molecule has 3 aromatic heterocycles. The zero-order valence-corrected chi connectivity index (χ0v) is 16.1. The van der Waals surface area contributed by atoms with Gasteiger partial charge >= 0.3 is 0 Å². The molecule has 4 rings (SSSR count). The first-order chi connectivity index (χ1) is 13.9. The number of aromatic nitrogens is 5. The number of hydrogen-bond donors (Lipinski definition) is 2. The van der Waals surface area contributed by atoms with Crippen molar-refractivity contribution in [3.63, 3.8) is 0 Å². The van der Waals surface area contributed by atoms with Gasteiger partial charge in [-0.25, -0.2) is 18.4 Å². The molecule has 9 nitrogen and oxygen atoms in total. The Bertz CT molecular complexity index is 1300. The van der Waals surface area contributed by atoms with Crippen LogP contribution < -0.4 is 5.32 Å². The summed E-state index contributed by atoms with van der Waals surface area (Å²) in [4.78, 5) is 24.5. The highest BCUT2D eigenvalue weighted by molar-refractivity contribution is 7.91. The molecule has 0 spiro atoms. The number of nitrogens with zero attached hydrogens (tertiary/aromatic N) is 4. The standard InChI is InChI=1S/C19H16N6O3S/c1-12-7-20-11-17(24-12)29(27,28)16-4-2-13(3-5-16)8-22-19(26)15-6-14-10-23-25-18(14)21-9-15/h2-7,9-11H,8H2,1H3,(H,22,26)(H,21,23,25). The van der Waals surface area contributed by atoms with Crippen LogP contribution in [-0.2, 0) is 16.4 Å². The van der Waals surface area contributed by atoms with Gasteiger partial charge in [-0.05, 0) is 30.7 Å². The lowest BCUT2D eigenvalue weighted by Crippen LogP contribution is -2.22. The van der Waals surface area contributed by atoms with Crippen molar-refractivity contribution in [2.75, 3.05) is 0 Å². The number of pyridine rings is 1. The Morgan fingerprint density at radius 3 is 2.66 bits per heavy atom. The van der Waals surface area contributed by atoms with Gasteiger partial charge in [-0.2, -0.15) is 5.10 Å². The van der Waals surface area contributed by atoms with Crippen LogP contribution in [0.25, 0.3) is 11.0 Å². The van der Waals surface area contributed by atoms with Crippen LogP contribution >= 0.6 is 0 Å². The van der Waals surface area contributed by atoms with Crippen LogP contribution in [0.3, 0.4) is 0 Å². The average molecular weight is 408 g/mol. The van der Waals surface area contributed by atoms with E-state index >= 15 is 0 Å². The highest BCUT2D eigenvalue weighted by atomic mass is 32.2. The zero-order chi connectivity index (χ0) is 20.4. The summed E-state index contributed by atoms with van der Waals surface area (Å²) in [6.07, 6.45) is 5.78. The first-order valence-corrected chi connectivity index (χ1v) is 10.1. The third kappa shape index (κ3) is 3.83. The van der Waals surface area contributed by atoms with Crippen molar-refractivity contribution < 1.29 is 13.2 Å². The van der Waals surface area contributed by atoms with Gasteiger partial charge in [0.15, 0.2) is 10.7 Å². The number of aryl methyl sites for hydroxylation is 1. The summed E-state index contributed by atoms with van der Waals surface area (Å²) < 4.78 is 25.3. The molecule has 1 aromatic carbocycles. The van der Waals surface area contributed by atoms with Crippen molar-refractivity contribution in [1.29, 1.82) is 0 Å². The molecule has 0 unspecified atom stereocenters. The van der Waals surface area contributed by atoms with Gasteiger partial charge in [-0.1, -0.05) is 12.1 Å². The predicted octanol–water partition coefficient (Wildman–Crippen LogP) is 1.82. The lowest BCUT2D eigenvalue weighted by Gasteiger charge is -2.07. The number of hydrogen-bond acceptors (Lipinski definition) is 7. The molecule has 0 fully saturated rings. The molecule has 0 aliphatic carbocycles. The molecule has 146 valence electrons. The van der Waals surface area contributed by atoms with Gasteiger partial charge in [0, 0.05) is 24.3 Å². The quantitative estimate of drug-likeness (QED) is 0.515. The maximum Gasteiger partial charge on any atom is 0.253 e. The molecular formula is C19H16N6O3S. The average Bonchev–Trinajstić information content (AvgIpc) is 3.20. The second-order valence-electron chi connectivity index (χ2n) is 6.36. The van der Waals surface area contributed by atoms with Crippen molar-refractivity contribution in [3.8, 4) is 0 Å². The third-order valence-corrected chi connectivity index (χ3v) is 5.89. The summed E-state index contributed by atoms with van der Waals surface area (Å²) in [5.74, 6) is -0.285. The lowest BCUT2D eigenvalue weighted by atomic mass is 10.2. The highest BCUT2D eigenvalue weighted by Gasteiger charge is 2.19. The summed E-state index contributed by atoms with van der Waals surface area (Å²) in [5.41, 5.74) is 2.30. The van der Waals surface area contributed by atoms with E-state index in [1.54, 1.807) is 31.3 Å². The number of carbonyl (C=O) groups is 1.